The monoisotopic (exact) mass is 240 g/mol. The lowest BCUT2D eigenvalue weighted by Crippen LogP contribution is -2.42. The van der Waals surface area contributed by atoms with Gasteiger partial charge in [0.05, 0.1) is 0 Å². The third-order valence-electron chi connectivity index (χ3n) is 3.25. The average molecular weight is 240 g/mol. The van der Waals surface area contributed by atoms with Crippen LogP contribution in [0.1, 0.15) is 32.6 Å². The Balaban J connectivity index is 2.22. The number of amides is 2. The summed E-state index contributed by atoms with van der Waals surface area (Å²) in [6.07, 6.45) is 5.85. The summed E-state index contributed by atoms with van der Waals surface area (Å²) in [6.45, 7) is 7.33. The zero-order chi connectivity index (χ0) is 12.7. The summed E-state index contributed by atoms with van der Waals surface area (Å²) < 4.78 is 0. The van der Waals surface area contributed by atoms with Gasteiger partial charge in [0.15, 0.2) is 0 Å². The fraction of sp³-hybridized carbons (Fsp3) is 0.769. The number of rotatable bonds is 6. The van der Waals surface area contributed by atoms with E-state index in [1.165, 1.54) is 0 Å². The fourth-order valence-electron chi connectivity index (χ4n) is 2.11. The Kier molecular flexibility index (Phi) is 6.05. The van der Waals surface area contributed by atoms with E-state index in [4.69, 9.17) is 5.11 Å². The molecule has 4 heteroatoms. The van der Waals surface area contributed by atoms with Crippen molar-refractivity contribution >= 4 is 6.03 Å². The van der Waals surface area contributed by atoms with Gasteiger partial charge >= 0.3 is 6.03 Å². The molecule has 2 N–H and O–H groups in total. The Bertz CT molecular complexity index is 256. The highest BCUT2D eigenvalue weighted by Crippen LogP contribution is 2.15. The Morgan fingerprint density at radius 1 is 1.71 bits per heavy atom. The van der Waals surface area contributed by atoms with Crippen molar-refractivity contribution in [3.63, 3.8) is 0 Å². The van der Waals surface area contributed by atoms with E-state index < -0.39 is 0 Å². The molecule has 1 aliphatic rings. The molecule has 0 saturated carbocycles. The molecule has 98 valence electrons. The van der Waals surface area contributed by atoms with Crippen LogP contribution in [0.5, 0.6) is 0 Å². The van der Waals surface area contributed by atoms with E-state index in [-0.39, 0.29) is 24.6 Å². The predicted octanol–water partition coefficient (Wildman–Crippen LogP) is 1.76. The first-order valence-electron chi connectivity index (χ1n) is 6.44. The topological polar surface area (TPSA) is 52.6 Å². The molecular formula is C13H24N2O2. The summed E-state index contributed by atoms with van der Waals surface area (Å²) >= 11 is 0. The first-order chi connectivity index (χ1) is 8.17. The van der Waals surface area contributed by atoms with Gasteiger partial charge in [-0.15, -0.1) is 6.58 Å². The van der Waals surface area contributed by atoms with Gasteiger partial charge in [-0.25, -0.2) is 4.79 Å². The van der Waals surface area contributed by atoms with Gasteiger partial charge in [0, 0.05) is 31.7 Å². The van der Waals surface area contributed by atoms with Crippen LogP contribution >= 0.6 is 0 Å². The number of aliphatic hydroxyl groups excluding tert-OH is 1. The van der Waals surface area contributed by atoms with E-state index >= 15 is 0 Å². The van der Waals surface area contributed by atoms with Crippen molar-refractivity contribution in [1.29, 1.82) is 0 Å². The molecule has 17 heavy (non-hydrogen) atoms. The number of aliphatic hydroxyl groups is 1. The van der Waals surface area contributed by atoms with Crippen molar-refractivity contribution < 1.29 is 9.90 Å². The summed E-state index contributed by atoms with van der Waals surface area (Å²) in [5.74, 6) is 0.261. The van der Waals surface area contributed by atoms with Crippen LogP contribution in [0.4, 0.5) is 4.79 Å². The number of carbonyl (C=O) groups excluding carboxylic acids is 1. The van der Waals surface area contributed by atoms with Crippen LogP contribution < -0.4 is 5.32 Å². The van der Waals surface area contributed by atoms with E-state index in [1.807, 2.05) is 13.0 Å². The highest BCUT2D eigenvalue weighted by Gasteiger charge is 2.25. The van der Waals surface area contributed by atoms with E-state index in [0.717, 1.165) is 32.2 Å². The van der Waals surface area contributed by atoms with E-state index in [2.05, 4.69) is 11.9 Å². The molecular weight excluding hydrogens is 216 g/mol. The molecule has 0 bridgehead atoms. The minimum Gasteiger partial charge on any atom is -0.396 e. The summed E-state index contributed by atoms with van der Waals surface area (Å²) in [5.41, 5.74) is 0. The van der Waals surface area contributed by atoms with Crippen LogP contribution in [0.2, 0.25) is 0 Å². The smallest absolute Gasteiger partial charge is 0.317 e. The Hall–Kier alpha value is -1.03. The number of likely N-dealkylation sites (tertiary alicyclic amines) is 1. The van der Waals surface area contributed by atoms with Crippen molar-refractivity contribution in [3.05, 3.63) is 12.7 Å². The van der Waals surface area contributed by atoms with Crippen LogP contribution in [-0.2, 0) is 0 Å². The number of allylic oxidation sites excluding steroid dienone is 1. The molecule has 0 aromatic rings. The molecule has 0 spiro atoms. The molecule has 4 nitrogen and oxygen atoms in total. The second kappa shape index (κ2) is 7.33. The van der Waals surface area contributed by atoms with Gasteiger partial charge in [-0.2, -0.15) is 0 Å². The summed E-state index contributed by atoms with van der Waals surface area (Å²) in [7, 11) is 0. The molecule has 2 atom stereocenters. The maximum atomic E-state index is 11.9. The zero-order valence-corrected chi connectivity index (χ0v) is 10.7. The molecule has 0 radical (unpaired) electrons. The van der Waals surface area contributed by atoms with Gasteiger partial charge in [-0.05, 0) is 32.6 Å². The first kappa shape index (κ1) is 14.0. The van der Waals surface area contributed by atoms with Gasteiger partial charge < -0.3 is 15.3 Å². The zero-order valence-electron chi connectivity index (χ0n) is 10.7. The first-order valence-corrected chi connectivity index (χ1v) is 6.44. The highest BCUT2D eigenvalue weighted by atomic mass is 16.3. The number of carbonyl (C=O) groups is 1. The van der Waals surface area contributed by atoms with Crippen molar-refractivity contribution in [3.8, 4) is 0 Å². The number of hydrogen-bond acceptors (Lipinski definition) is 2. The maximum Gasteiger partial charge on any atom is 0.317 e. The lowest BCUT2D eigenvalue weighted by atomic mass is 10.1. The summed E-state index contributed by atoms with van der Waals surface area (Å²) in [5, 5.41) is 12.0. The van der Waals surface area contributed by atoms with E-state index in [9.17, 15) is 4.79 Å². The van der Waals surface area contributed by atoms with Crippen LogP contribution in [0, 0.1) is 5.92 Å². The molecule has 0 aromatic heterocycles. The lowest BCUT2D eigenvalue weighted by molar-refractivity contribution is 0.195. The minimum atomic E-state index is 0.00653. The number of unbranched alkanes of at least 4 members (excludes halogenated alkanes) is 1. The third kappa shape index (κ3) is 4.77. The quantitative estimate of drug-likeness (QED) is 0.549. The van der Waals surface area contributed by atoms with E-state index in [0.29, 0.717) is 6.54 Å². The van der Waals surface area contributed by atoms with Crippen LogP contribution in [0.3, 0.4) is 0 Å². The molecule has 1 rings (SSSR count). The van der Waals surface area contributed by atoms with Gasteiger partial charge in [-0.1, -0.05) is 6.08 Å². The van der Waals surface area contributed by atoms with Crippen LogP contribution in [0.25, 0.3) is 0 Å². The average Bonchev–Trinajstić information content (AvgIpc) is 2.78. The molecule has 0 aliphatic carbocycles. The van der Waals surface area contributed by atoms with Gasteiger partial charge in [-0.3, -0.25) is 0 Å². The Morgan fingerprint density at radius 3 is 3.06 bits per heavy atom. The molecule has 1 aliphatic heterocycles. The fourth-order valence-corrected chi connectivity index (χ4v) is 2.11. The van der Waals surface area contributed by atoms with Gasteiger partial charge in [0.25, 0.3) is 0 Å². The van der Waals surface area contributed by atoms with Crippen molar-refractivity contribution in [2.24, 2.45) is 5.92 Å². The standard InChI is InChI=1S/C13H24N2O2/c1-3-4-5-6-11(2)14-13(17)15-8-7-12(9-15)10-16/h3,11-12,16H,1,4-10H2,2H3,(H,14,17). The predicted molar refractivity (Wildman–Crippen MR) is 68.8 cm³/mol. The normalized spacial score (nSPS) is 21.3. The Morgan fingerprint density at radius 2 is 2.47 bits per heavy atom. The number of hydrogen-bond donors (Lipinski definition) is 2. The maximum absolute atomic E-state index is 11.9. The molecule has 1 fully saturated rings. The molecule has 1 saturated heterocycles. The number of nitrogens with zero attached hydrogens (tertiary/aromatic N) is 1. The van der Waals surface area contributed by atoms with Crippen molar-refractivity contribution in [2.75, 3.05) is 19.7 Å². The van der Waals surface area contributed by atoms with Gasteiger partial charge in [0.1, 0.15) is 0 Å². The summed E-state index contributed by atoms with van der Waals surface area (Å²) in [4.78, 5) is 13.7. The Labute approximate surface area is 104 Å². The van der Waals surface area contributed by atoms with Crippen molar-refractivity contribution in [1.82, 2.24) is 10.2 Å². The number of nitrogens with one attached hydrogen (secondary N) is 1. The van der Waals surface area contributed by atoms with Crippen LogP contribution in [-0.4, -0.2) is 41.8 Å². The second-order valence-corrected chi connectivity index (χ2v) is 4.85. The second-order valence-electron chi connectivity index (χ2n) is 4.85. The minimum absolute atomic E-state index is 0.00653. The molecule has 2 amide bonds. The lowest BCUT2D eigenvalue weighted by Gasteiger charge is -2.20. The number of urea groups is 1. The van der Waals surface area contributed by atoms with E-state index in [1.54, 1.807) is 4.90 Å². The van der Waals surface area contributed by atoms with Crippen LogP contribution in [0.15, 0.2) is 12.7 Å². The molecule has 1 heterocycles. The van der Waals surface area contributed by atoms with Crippen molar-refractivity contribution in [2.45, 2.75) is 38.6 Å². The summed E-state index contributed by atoms with van der Waals surface area (Å²) in [6, 6.07) is 0.211. The SMILES string of the molecule is C=CCCCC(C)NC(=O)N1CCC(CO)C1. The molecule has 0 aromatic carbocycles. The van der Waals surface area contributed by atoms with Gasteiger partial charge in [0.2, 0.25) is 0 Å². The largest absolute Gasteiger partial charge is 0.396 e. The highest BCUT2D eigenvalue weighted by molar-refractivity contribution is 5.74. The third-order valence-corrected chi connectivity index (χ3v) is 3.25. The molecule has 2 unspecified atom stereocenters.